The van der Waals surface area contributed by atoms with Gasteiger partial charge in [-0.25, -0.2) is 4.68 Å². The number of nitrogens with zero attached hydrogens (tertiary/aromatic N) is 5. The van der Waals surface area contributed by atoms with Crippen LogP contribution in [0.1, 0.15) is 28.6 Å². The highest BCUT2D eigenvalue weighted by Gasteiger charge is 2.27. The van der Waals surface area contributed by atoms with Gasteiger partial charge in [0.2, 0.25) is 5.91 Å². The molecule has 0 bridgehead atoms. The van der Waals surface area contributed by atoms with E-state index in [0.29, 0.717) is 19.6 Å². The number of amides is 1. The second-order valence-electron chi connectivity index (χ2n) is 9.07. The molecule has 1 amide bonds. The summed E-state index contributed by atoms with van der Waals surface area (Å²) in [5.74, 6) is 0.186. The van der Waals surface area contributed by atoms with E-state index in [1.807, 2.05) is 52.2 Å². The minimum Gasteiger partial charge on any atom is -0.365 e. The lowest BCUT2D eigenvalue weighted by molar-refractivity contribution is -0.132. The molecule has 0 aliphatic carbocycles. The van der Waals surface area contributed by atoms with E-state index in [9.17, 15) is 4.79 Å². The number of para-hydroxylation sites is 1. The van der Waals surface area contributed by atoms with Crippen molar-refractivity contribution in [1.82, 2.24) is 29.8 Å². The van der Waals surface area contributed by atoms with Gasteiger partial charge in [0.05, 0.1) is 25.3 Å². The highest BCUT2D eigenvalue weighted by Crippen LogP contribution is 2.27. The summed E-state index contributed by atoms with van der Waals surface area (Å²) in [6.07, 6.45) is 2.40. The van der Waals surface area contributed by atoms with Gasteiger partial charge in [0, 0.05) is 49.8 Å². The summed E-state index contributed by atoms with van der Waals surface area (Å²) in [6.45, 7) is 5.07. The third-order valence-corrected chi connectivity index (χ3v) is 6.96. The van der Waals surface area contributed by atoms with Gasteiger partial charge >= 0.3 is 0 Å². The van der Waals surface area contributed by atoms with E-state index in [0.717, 1.165) is 60.6 Å². The molecular formula is C26H28N6O2. The molecular weight excluding hydrogens is 428 g/mol. The standard InChI is InChI=1S/C26H28N6O2/c33-26(14-20-15-27-22-9-5-4-8-21(20)22)31-12-10-30(11-13-31)16-23-24-18-34-25(17-32(24)29-28-23)19-6-2-1-3-7-19/h1-9,15,25,27H,10-14,16-18H2/t25-/m1/s1. The Morgan fingerprint density at radius 2 is 1.82 bits per heavy atom. The number of piperazine rings is 1. The summed E-state index contributed by atoms with van der Waals surface area (Å²) < 4.78 is 8.12. The molecule has 8 heteroatoms. The third-order valence-electron chi connectivity index (χ3n) is 6.96. The lowest BCUT2D eigenvalue weighted by atomic mass is 10.1. The number of hydrogen-bond acceptors (Lipinski definition) is 5. The van der Waals surface area contributed by atoms with Gasteiger partial charge in [0.15, 0.2) is 0 Å². The molecule has 2 aromatic carbocycles. The molecule has 2 aliphatic heterocycles. The maximum absolute atomic E-state index is 12.9. The molecule has 174 valence electrons. The zero-order valence-electron chi connectivity index (χ0n) is 19.1. The van der Waals surface area contributed by atoms with E-state index in [2.05, 4.69) is 38.4 Å². The summed E-state index contributed by atoms with van der Waals surface area (Å²) in [5.41, 5.74) is 5.34. The van der Waals surface area contributed by atoms with Crippen LogP contribution in [0.15, 0.2) is 60.8 Å². The van der Waals surface area contributed by atoms with Crippen LogP contribution in [0.5, 0.6) is 0 Å². The van der Waals surface area contributed by atoms with Gasteiger partial charge in [0.1, 0.15) is 11.8 Å². The van der Waals surface area contributed by atoms with Crippen LogP contribution in [0.3, 0.4) is 0 Å². The second kappa shape index (κ2) is 9.04. The molecule has 0 spiro atoms. The molecule has 1 N–H and O–H groups in total. The van der Waals surface area contributed by atoms with E-state index < -0.39 is 0 Å². The number of aromatic amines is 1. The molecule has 0 radical (unpaired) electrons. The minimum absolute atomic E-state index is 0.00922. The quantitative estimate of drug-likeness (QED) is 0.500. The zero-order valence-corrected chi connectivity index (χ0v) is 19.1. The molecule has 0 saturated carbocycles. The molecule has 0 unspecified atom stereocenters. The van der Waals surface area contributed by atoms with E-state index >= 15 is 0 Å². The van der Waals surface area contributed by atoms with Gasteiger partial charge in [-0.1, -0.05) is 53.7 Å². The number of aromatic nitrogens is 4. The smallest absolute Gasteiger partial charge is 0.227 e. The zero-order chi connectivity index (χ0) is 22.9. The van der Waals surface area contributed by atoms with Crippen LogP contribution in [0.2, 0.25) is 0 Å². The van der Waals surface area contributed by atoms with E-state index in [1.54, 1.807) is 0 Å². The largest absolute Gasteiger partial charge is 0.365 e. The minimum atomic E-state index is 0.00922. The Balaban J connectivity index is 1.04. The van der Waals surface area contributed by atoms with Crippen molar-refractivity contribution < 1.29 is 9.53 Å². The topological polar surface area (TPSA) is 79.3 Å². The fourth-order valence-corrected chi connectivity index (χ4v) is 4.97. The number of H-pyrrole nitrogens is 1. The van der Waals surface area contributed by atoms with Crippen molar-refractivity contribution in [3.63, 3.8) is 0 Å². The molecule has 2 aromatic heterocycles. The summed E-state index contributed by atoms with van der Waals surface area (Å²) in [7, 11) is 0. The molecule has 34 heavy (non-hydrogen) atoms. The van der Waals surface area contributed by atoms with Crippen LogP contribution in [0.25, 0.3) is 10.9 Å². The molecule has 1 atom stereocenters. The first kappa shape index (κ1) is 21.1. The van der Waals surface area contributed by atoms with Crippen molar-refractivity contribution in [2.45, 2.75) is 32.2 Å². The number of carbonyl (C=O) groups is 1. The van der Waals surface area contributed by atoms with Crippen molar-refractivity contribution in [2.75, 3.05) is 26.2 Å². The average Bonchev–Trinajstić information content (AvgIpc) is 3.49. The van der Waals surface area contributed by atoms with Crippen LogP contribution in [-0.2, 0) is 35.6 Å². The highest BCUT2D eigenvalue weighted by molar-refractivity contribution is 5.88. The molecule has 1 saturated heterocycles. The predicted molar refractivity (Wildman–Crippen MR) is 128 cm³/mol. The summed E-state index contributed by atoms with van der Waals surface area (Å²) in [4.78, 5) is 20.5. The maximum atomic E-state index is 12.9. The van der Waals surface area contributed by atoms with Crippen molar-refractivity contribution in [3.05, 3.63) is 83.3 Å². The number of carbonyl (C=O) groups excluding carboxylic acids is 1. The van der Waals surface area contributed by atoms with E-state index in [1.165, 1.54) is 5.56 Å². The molecule has 1 fully saturated rings. The number of nitrogens with one attached hydrogen (secondary N) is 1. The Morgan fingerprint density at radius 3 is 2.68 bits per heavy atom. The van der Waals surface area contributed by atoms with Crippen LogP contribution in [0, 0.1) is 0 Å². The van der Waals surface area contributed by atoms with Crippen molar-refractivity contribution in [2.24, 2.45) is 0 Å². The Labute approximate surface area is 198 Å². The Bertz CT molecular complexity index is 1290. The fourth-order valence-electron chi connectivity index (χ4n) is 4.97. The first-order chi connectivity index (χ1) is 16.7. The van der Waals surface area contributed by atoms with Crippen LogP contribution in [0.4, 0.5) is 0 Å². The Hall–Kier alpha value is -3.49. The Kier molecular flexibility index (Phi) is 5.60. The number of fused-ring (bicyclic) bond motifs is 2. The normalized spacial score (nSPS) is 18.8. The van der Waals surface area contributed by atoms with E-state index in [4.69, 9.17) is 4.74 Å². The van der Waals surface area contributed by atoms with Gasteiger partial charge in [-0.05, 0) is 17.2 Å². The average molecular weight is 457 g/mol. The molecule has 2 aliphatic rings. The second-order valence-corrected chi connectivity index (χ2v) is 9.07. The summed E-state index contributed by atoms with van der Waals surface area (Å²) >= 11 is 0. The number of benzene rings is 2. The first-order valence-electron chi connectivity index (χ1n) is 11.9. The van der Waals surface area contributed by atoms with Crippen LogP contribution >= 0.6 is 0 Å². The highest BCUT2D eigenvalue weighted by atomic mass is 16.5. The van der Waals surface area contributed by atoms with Crippen molar-refractivity contribution in [3.8, 4) is 0 Å². The van der Waals surface area contributed by atoms with Crippen LogP contribution < -0.4 is 0 Å². The predicted octanol–water partition coefficient (Wildman–Crippen LogP) is 2.92. The van der Waals surface area contributed by atoms with Gasteiger partial charge in [-0.3, -0.25) is 9.69 Å². The lowest BCUT2D eigenvalue weighted by Crippen LogP contribution is -2.48. The summed E-state index contributed by atoms with van der Waals surface area (Å²) in [6, 6.07) is 18.4. The maximum Gasteiger partial charge on any atom is 0.227 e. The monoisotopic (exact) mass is 456 g/mol. The summed E-state index contributed by atoms with van der Waals surface area (Å²) in [5, 5.41) is 9.99. The van der Waals surface area contributed by atoms with Crippen LogP contribution in [-0.4, -0.2) is 61.9 Å². The van der Waals surface area contributed by atoms with Crippen molar-refractivity contribution >= 4 is 16.8 Å². The van der Waals surface area contributed by atoms with Gasteiger partial charge < -0.3 is 14.6 Å². The Morgan fingerprint density at radius 1 is 1.03 bits per heavy atom. The molecule has 4 heterocycles. The lowest BCUT2D eigenvalue weighted by Gasteiger charge is -2.34. The third kappa shape index (κ3) is 4.10. The first-order valence-corrected chi connectivity index (χ1v) is 11.9. The van der Waals surface area contributed by atoms with Crippen molar-refractivity contribution in [1.29, 1.82) is 0 Å². The van der Waals surface area contributed by atoms with Gasteiger partial charge in [0.25, 0.3) is 0 Å². The fraction of sp³-hybridized carbons (Fsp3) is 0.346. The number of hydrogen-bond donors (Lipinski definition) is 1. The SMILES string of the molecule is O=C(Cc1c[nH]c2ccccc12)N1CCN(Cc2nnn3c2CO[C@@H](c2ccccc2)C3)CC1. The molecule has 4 aromatic rings. The van der Waals surface area contributed by atoms with Gasteiger partial charge in [-0.15, -0.1) is 5.10 Å². The van der Waals surface area contributed by atoms with Gasteiger partial charge in [-0.2, -0.15) is 0 Å². The molecule has 8 nitrogen and oxygen atoms in total. The van der Waals surface area contributed by atoms with E-state index in [-0.39, 0.29) is 12.0 Å². The number of ether oxygens (including phenoxy) is 1. The molecule has 6 rings (SSSR count). The number of rotatable bonds is 5.